The molecule has 0 aromatic heterocycles. The molecule has 2 heterocycles. The van der Waals surface area contributed by atoms with Gasteiger partial charge in [-0.25, -0.2) is 9.18 Å². The van der Waals surface area contributed by atoms with Crippen molar-refractivity contribution in [1.82, 2.24) is 10.2 Å². The van der Waals surface area contributed by atoms with Crippen molar-refractivity contribution in [3.05, 3.63) is 35.6 Å². The number of ether oxygens (including phenoxy) is 1. The van der Waals surface area contributed by atoms with E-state index < -0.39 is 17.1 Å². The number of carbonyl (C=O) groups is 2. The molecule has 0 bridgehead atoms. The Labute approximate surface area is 147 Å². The van der Waals surface area contributed by atoms with E-state index in [2.05, 4.69) is 5.32 Å². The summed E-state index contributed by atoms with van der Waals surface area (Å²) in [7, 11) is 0. The van der Waals surface area contributed by atoms with Crippen molar-refractivity contribution in [3.8, 4) is 0 Å². The van der Waals surface area contributed by atoms with Gasteiger partial charge >= 0.3 is 6.09 Å². The highest BCUT2D eigenvalue weighted by molar-refractivity contribution is 5.91. The van der Waals surface area contributed by atoms with Crippen LogP contribution in [-0.4, -0.2) is 42.0 Å². The van der Waals surface area contributed by atoms with Gasteiger partial charge in [0.05, 0.1) is 12.0 Å². The van der Waals surface area contributed by atoms with Crippen LogP contribution in [0.15, 0.2) is 24.3 Å². The normalized spacial score (nSPS) is 27.0. The molecule has 2 unspecified atom stereocenters. The predicted octanol–water partition coefficient (Wildman–Crippen LogP) is 3.06. The van der Waals surface area contributed by atoms with Crippen LogP contribution in [0.4, 0.5) is 9.18 Å². The van der Waals surface area contributed by atoms with E-state index in [1.54, 1.807) is 12.1 Å². The first kappa shape index (κ1) is 17.9. The molecule has 1 N–H and O–H groups in total. The largest absolute Gasteiger partial charge is 0.444 e. The lowest BCUT2D eigenvalue weighted by molar-refractivity contribution is -0.134. The van der Waals surface area contributed by atoms with Crippen LogP contribution in [0, 0.1) is 11.2 Å². The highest BCUT2D eigenvalue weighted by Gasteiger charge is 2.52. The third kappa shape index (κ3) is 3.54. The second-order valence-corrected chi connectivity index (χ2v) is 7.92. The smallest absolute Gasteiger partial charge is 0.410 e. The fourth-order valence-corrected chi connectivity index (χ4v) is 3.81. The van der Waals surface area contributed by atoms with Crippen LogP contribution in [0.2, 0.25) is 0 Å². The zero-order chi connectivity index (χ0) is 18.2. The fourth-order valence-electron chi connectivity index (χ4n) is 3.81. The third-order valence-corrected chi connectivity index (χ3v) is 5.04. The van der Waals surface area contributed by atoms with Crippen LogP contribution in [-0.2, 0) is 9.53 Å². The zero-order valence-corrected chi connectivity index (χ0v) is 15.0. The Bertz CT molecular complexity index is 668. The summed E-state index contributed by atoms with van der Waals surface area (Å²) in [6.45, 7) is 6.71. The minimum absolute atomic E-state index is 0.0453. The molecule has 0 aliphatic carbocycles. The first-order valence-electron chi connectivity index (χ1n) is 8.71. The summed E-state index contributed by atoms with van der Waals surface area (Å²) in [5.41, 5.74) is -0.199. The number of Topliss-reactive ketones (excluding diaryl/α,β-unsaturated/α-hetero) is 1. The number of carbonyl (C=O) groups excluding carboxylic acids is 2. The molecule has 3 rings (SSSR count). The lowest BCUT2D eigenvalue weighted by Crippen LogP contribution is -2.52. The van der Waals surface area contributed by atoms with E-state index in [4.69, 9.17) is 4.74 Å². The Morgan fingerprint density at radius 2 is 1.96 bits per heavy atom. The van der Waals surface area contributed by atoms with Crippen LogP contribution in [0.3, 0.4) is 0 Å². The second kappa shape index (κ2) is 6.41. The maximum Gasteiger partial charge on any atom is 0.410 e. The van der Waals surface area contributed by atoms with Gasteiger partial charge in [-0.3, -0.25) is 4.79 Å². The van der Waals surface area contributed by atoms with Crippen LogP contribution < -0.4 is 5.32 Å². The molecule has 0 saturated carbocycles. The standard InChI is InChI=1S/C19H25FN2O3/c1-18(2,3)25-17(24)22-11-9-19(15(23)12-22)8-10-21-16(19)13-4-6-14(20)7-5-13/h4-7,16,21H,8-12H2,1-3H3. The van der Waals surface area contributed by atoms with Gasteiger partial charge in [-0.05, 0) is 57.9 Å². The third-order valence-electron chi connectivity index (χ3n) is 5.04. The maximum atomic E-state index is 13.2. The first-order valence-corrected chi connectivity index (χ1v) is 8.71. The van der Waals surface area contributed by atoms with Gasteiger partial charge in [-0.2, -0.15) is 0 Å². The quantitative estimate of drug-likeness (QED) is 0.847. The van der Waals surface area contributed by atoms with Crippen LogP contribution in [0.1, 0.15) is 45.2 Å². The van der Waals surface area contributed by atoms with E-state index in [-0.39, 0.29) is 24.2 Å². The topological polar surface area (TPSA) is 58.6 Å². The molecule has 2 atom stereocenters. The number of amides is 1. The van der Waals surface area contributed by atoms with Crippen molar-refractivity contribution >= 4 is 11.9 Å². The molecule has 1 spiro atoms. The maximum absolute atomic E-state index is 13.2. The summed E-state index contributed by atoms with van der Waals surface area (Å²) in [6.07, 6.45) is 0.871. The van der Waals surface area contributed by atoms with Crippen LogP contribution in [0.5, 0.6) is 0 Å². The Hall–Kier alpha value is -1.95. The molecule has 25 heavy (non-hydrogen) atoms. The van der Waals surface area contributed by atoms with Gasteiger partial charge in [0.25, 0.3) is 0 Å². The molecular formula is C19H25FN2O3. The molecule has 136 valence electrons. The summed E-state index contributed by atoms with van der Waals surface area (Å²) in [6, 6.07) is 6.16. The minimum atomic E-state index is -0.583. The van der Waals surface area contributed by atoms with E-state index in [0.29, 0.717) is 13.0 Å². The van der Waals surface area contributed by atoms with Crippen LogP contribution in [0.25, 0.3) is 0 Å². The molecule has 2 saturated heterocycles. The monoisotopic (exact) mass is 348 g/mol. The van der Waals surface area contributed by atoms with Gasteiger partial charge in [-0.1, -0.05) is 12.1 Å². The number of nitrogens with zero attached hydrogens (tertiary/aromatic N) is 1. The summed E-state index contributed by atoms with van der Waals surface area (Å²) in [4.78, 5) is 26.7. The van der Waals surface area contributed by atoms with Crippen molar-refractivity contribution in [2.75, 3.05) is 19.6 Å². The number of ketones is 1. The number of piperidine rings is 1. The van der Waals surface area contributed by atoms with E-state index in [1.807, 2.05) is 20.8 Å². The van der Waals surface area contributed by atoms with Crippen LogP contribution >= 0.6 is 0 Å². The van der Waals surface area contributed by atoms with Crippen molar-refractivity contribution in [2.45, 2.75) is 45.3 Å². The van der Waals surface area contributed by atoms with Crippen molar-refractivity contribution in [1.29, 1.82) is 0 Å². The minimum Gasteiger partial charge on any atom is -0.444 e. The number of nitrogens with one attached hydrogen (secondary N) is 1. The first-order chi connectivity index (χ1) is 11.7. The summed E-state index contributed by atoms with van der Waals surface area (Å²) in [5, 5.41) is 3.39. The van der Waals surface area contributed by atoms with E-state index >= 15 is 0 Å². The Morgan fingerprint density at radius 3 is 2.56 bits per heavy atom. The zero-order valence-electron chi connectivity index (χ0n) is 15.0. The Balaban J connectivity index is 1.76. The number of halogens is 1. The van der Waals surface area contributed by atoms with E-state index in [1.165, 1.54) is 17.0 Å². The van der Waals surface area contributed by atoms with E-state index in [0.717, 1.165) is 18.5 Å². The molecule has 2 fully saturated rings. The summed E-state index contributed by atoms with van der Waals surface area (Å²) < 4.78 is 18.6. The average Bonchev–Trinajstić information content (AvgIpc) is 2.94. The van der Waals surface area contributed by atoms with Crippen molar-refractivity contribution in [2.24, 2.45) is 5.41 Å². The molecule has 2 aliphatic heterocycles. The molecule has 5 nitrogen and oxygen atoms in total. The summed E-state index contributed by atoms with van der Waals surface area (Å²) in [5.74, 6) is -0.245. The predicted molar refractivity (Wildman–Crippen MR) is 91.6 cm³/mol. The van der Waals surface area contributed by atoms with E-state index in [9.17, 15) is 14.0 Å². The molecule has 6 heteroatoms. The van der Waals surface area contributed by atoms with Gasteiger partial charge in [-0.15, -0.1) is 0 Å². The average molecular weight is 348 g/mol. The number of likely N-dealkylation sites (tertiary alicyclic amines) is 1. The van der Waals surface area contributed by atoms with Crippen molar-refractivity contribution < 1.29 is 18.7 Å². The molecule has 1 amide bonds. The molecule has 1 aromatic carbocycles. The van der Waals surface area contributed by atoms with Gasteiger partial charge in [0.15, 0.2) is 5.78 Å². The lowest BCUT2D eigenvalue weighted by atomic mass is 9.69. The Morgan fingerprint density at radius 1 is 1.28 bits per heavy atom. The van der Waals surface area contributed by atoms with Gasteiger partial charge in [0, 0.05) is 12.6 Å². The number of rotatable bonds is 1. The SMILES string of the molecule is CC(C)(C)OC(=O)N1CCC2(CCNC2c2ccc(F)cc2)C(=O)C1. The molecule has 2 aliphatic rings. The Kier molecular flexibility index (Phi) is 4.58. The lowest BCUT2D eigenvalue weighted by Gasteiger charge is -2.41. The number of hydrogen-bond acceptors (Lipinski definition) is 4. The highest BCUT2D eigenvalue weighted by Crippen LogP contribution is 2.47. The molecule has 0 radical (unpaired) electrons. The second-order valence-electron chi connectivity index (χ2n) is 7.92. The van der Waals surface area contributed by atoms with Crippen molar-refractivity contribution in [3.63, 3.8) is 0 Å². The fraction of sp³-hybridized carbons (Fsp3) is 0.579. The number of hydrogen-bond donors (Lipinski definition) is 1. The molecular weight excluding hydrogens is 323 g/mol. The highest BCUT2D eigenvalue weighted by atomic mass is 19.1. The van der Waals surface area contributed by atoms with Gasteiger partial charge < -0.3 is 15.0 Å². The summed E-state index contributed by atoms with van der Waals surface area (Å²) >= 11 is 0. The van der Waals surface area contributed by atoms with Gasteiger partial charge in [0.2, 0.25) is 0 Å². The molecule has 1 aromatic rings. The van der Waals surface area contributed by atoms with Gasteiger partial charge in [0.1, 0.15) is 11.4 Å². The number of benzene rings is 1.